The van der Waals surface area contributed by atoms with Gasteiger partial charge in [-0.15, -0.1) is 21.6 Å². The summed E-state index contributed by atoms with van der Waals surface area (Å²) in [6.07, 6.45) is 0. The largest absolute Gasteiger partial charge is 0.508 e. The average molecular weight is 533 g/mol. The molecule has 172 valence electrons. The topological polar surface area (TPSA) is 147 Å². The Morgan fingerprint density at radius 3 is 2.52 bits per heavy atom. The lowest BCUT2D eigenvalue weighted by molar-refractivity contribution is 0.00702. The summed E-state index contributed by atoms with van der Waals surface area (Å²) in [6, 6.07) is 7.24. The number of phenols is 1. The van der Waals surface area contributed by atoms with E-state index in [9.17, 15) is 19.8 Å². The maximum absolute atomic E-state index is 13.1. The molecule has 3 aromatic rings. The highest BCUT2D eigenvalue weighted by Crippen LogP contribution is 2.40. The van der Waals surface area contributed by atoms with Gasteiger partial charge in [-0.1, -0.05) is 12.1 Å². The number of thiophene rings is 1. The fraction of sp³-hybridized carbons (Fsp3) is 0.227. The smallest absolute Gasteiger partial charge is 0.342 e. The first-order valence-corrected chi connectivity index (χ1v) is 11.3. The van der Waals surface area contributed by atoms with Crippen LogP contribution in [0.3, 0.4) is 0 Å². The molecule has 0 bridgehead atoms. The molecule has 9 nitrogen and oxygen atoms in total. The monoisotopic (exact) mass is 532 g/mol. The number of esters is 1. The van der Waals surface area contributed by atoms with Crippen LogP contribution in [0.1, 0.15) is 51.9 Å². The van der Waals surface area contributed by atoms with Crippen LogP contribution in [-0.2, 0) is 4.74 Å². The van der Waals surface area contributed by atoms with Gasteiger partial charge in [-0.05, 0) is 61.3 Å². The van der Waals surface area contributed by atoms with Gasteiger partial charge in [-0.25, -0.2) is 9.78 Å². The number of aromatic nitrogens is 1. The molecule has 1 aromatic carbocycles. The second-order valence-electron chi connectivity index (χ2n) is 8.02. The van der Waals surface area contributed by atoms with Gasteiger partial charge < -0.3 is 20.7 Å². The third-order valence-corrected chi connectivity index (χ3v) is 6.01. The van der Waals surface area contributed by atoms with E-state index >= 15 is 0 Å². The number of carbonyl (C=O) groups is 2. The zero-order valence-electron chi connectivity index (χ0n) is 18.2. The number of nitrogens with zero attached hydrogens (tertiary/aromatic N) is 3. The number of benzene rings is 1. The van der Waals surface area contributed by atoms with Crippen LogP contribution in [0.2, 0.25) is 0 Å². The van der Waals surface area contributed by atoms with E-state index in [2.05, 4.69) is 31.1 Å². The number of nitrogen functional groups attached to an aromatic ring is 1. The zero-order chi connectivity index (χ0) is 24.5. The number of pyridine rings is 1. The van der Waals surface area contributed by atoms with Gasteiger partial charge >= 0.3 is 5.97 Å². The van der Waals surface area contributed by atoms with Gasteiger partial charge in [-0.3, -0.25) is 4.79 Å². The van der Waals surface area contributed by atoms with Crippen molar-refractivity contribution in [1.29, 1.82) is 0 Å². The molecule has 33 heavy (non-hydrogen) atoms. The van der Waals surface area contributed by atoms with Gasteiger partial charge in [0.15, 0.2) is 22.4 Å². The fourth-order valence-corrected chi connectivity index (χ4v) is 4.24. The number of carbonyl (C=O) groups excluding carboxylic acids is 2. The number of ether oxygens (including phenoxy) is 1. The first-order chi connectivity index (χ1) is 15.4. The maximum atomic E-state index is 13.1. The van der Waals surface area contributed by atoms with Crippen LogP contribution in [0.4, 0.5) is 16.6 Å². The van der Waals surface area contributed by atoms with Crippen molar-refractivity contribution in [3.63, 3.8) is 0 Å². The number of rotatable bonds is 5. The van der Waals surface area contributed by atoms with Gasteiger partial charge in [0.1, 0.15) is 16.9 Å². The minimum Gasteiger partial charge on any atom is -0.508 e. The molecule has 11 heteroatoms. The number of hydrogen-bond donors (Lipinski definition) is 3. The Hall–Kier alpha value is -3.31. The summed E-state index contributed by atoms with van der Waals surface area (Å²) in [6.45, 7) is 6.81. The minimum atomic E-state index is -0.773. The van der Waals surface area contributed by atoms with E-state index in [0.29, 0.717) is 10.0 Å². The number of hydrogen-bond acceptors (Lipinski definition) is 10. The molecule has 2 heterocycles. The zero-order valence-corrected chi connectivity index (χ0v) is 20.6. The number of anilines is 1. The SMILES string of the molecule is Cc1c(C(=O)c2cccc(O)c2)sc(N=Nc2nc(N)c(O)cc2Br)c1C(=O)OC(C)(C)C. The maximum Gasteiger partial charge on any atom is 0.342 e. The molecule has 0 spiro atoms. The first kappa shape index (κ1) is 24.3. The molecule has 0 saturated carbocycles. The molecular formula is C22H21BrN4O5S. The highest BCUT2D eigenvalue weighted by Gasteiger charge is 2.29. The standard InChI is InChI=1S/C22H21BrN4O5S/c1-10-15(21(31)32-22(2,3)4)20(27-26-19-13(23)9-14(29)18(24)25-19)33-17(10)16(30)11-6-5-7-12(28)8-11/h5-9,28-29H,1-4H3,(H2,24,25). The van der Waals surface area contributed by atoms with Crippen LogP contribution in [0, 0.1) is 6.92 Å². The van der Waals surface area contributed by atoms with Crippen molar-refractivity contribution in [2.24, 2.45) is 10.2 Å². The molecule has 2 aromatic heterocycles. The Labute approximate surface area is 202 Å². The molecule has 0 radical (unpaired) electrons. The summed E-state index contributed by atoms with van der Waals surface area (Å²) in [5.74, 6) is -1.37. The van der Waals surface area contributed by atoms with Crippen LogP contribution in [-0.4, -0.2) is 32.6 Å². The Balaban J connectivity index is 2.11. The summed E-state index contributed by atoms with van der Waals surface area (Å²) in [4.78, 5) is 30.3. The van der Waals surface area contributed by atoms with Gasteiger partial charge in [0, 0.05) is 11.6 Å². The first-order valence-electron chi connectivity index (χ1n) is 9.64. The molecule has 3 rings (SSSR count). The molecule has 0 unspecified atom stereocenters. The van der Waals surface area contributed by atoms with Gasteiger partial charge in [0.05, 0.1) is 9.35 Å². The van der Waals surface area contributed by atoms with Crippen LogP contribution in [0.25, 0.3) is 0 Å². The second-order valence-corrected chi connectivity index (χ2v) is 9.87. The van der Waals surface area contributed by atoms with Crippen molar-refractivity contribution in [3.8, 4) is 11.5 Å². The molecular weight excluding hydrogens is 512 g/mol. The fourth-order valence-electron chi connectivity index (χ4n) is 2.78. The van der Waals surface area contributed by atoms with E-state index in [0.717, 1.165) is 11.3 Å². The highest BCUT2D eigenvalue weighted by molar-refractivity contribution is 9.10. The third-order valence-electron chi connectivity index (χ3n) is 4.25. The van der Waals surface area contributed by atoms with Crippen LogP contribution in [0.5, 0.6) is 11.5 Å². The number of aromatic hydroxyl groups is 2. The predicted molar refractivity (Wildman–Crippen MR) is 128 cm³/mol. The summed E-state index contributed by atoms with van der Waals surface area (Å²) < 4.78 is 5.84. The lowest BCUT2D eigenvalue weighted by Crippen LogP contribution is -2.24. The van der Waals surface area contributed by atoms with E-state index in [-0.39, 0.29) is 49.9 Å². The number of nitrogens with two attached hydrogens (primary N) is 1. The number of phenolic OH excluding ortho intramolecular Hbond substituents is 1. The summed E-state index contributed by atoms with van der Waals surface area (Å²) in [5, 5.41) is 27.7. The number of azo groups is 1. The molecule has 0 amide bonds. The number of ketones is 1. The molecule has 0 aliphatic heterocycles. The van der Waals surface area contributed by atoms with E-state index in [1.54, 1.807) is 39.8 Å². The van der Waals surface area contributed by atoms with Crippen LogP contribution in [0.15, 0.2) is 45.0 Å². The summed E-state index contributed by atoms with van der Waals surface area (Å²) in [5.41, 5.74) is 5.60. The van der Waals surface area contributed by atoms with E-state index in [1.165, 1.54) is 18.2 Å². The molecule has 0 saturated heterocycles. The molecule has 0 aliphatic rings. The number of halogens is 1. The molecule has 4 N–H and O–H groups in total. The Morgan fingerprint density at radius 2 is 1.88 bits per heavy atom. The quantitative estimate of drug-likeness (QED) is 0.213. The van der Waals surface area contributed by atoms with Crippen molar-refractivity contribution < 1.29 is 24.5 Å². The lowest BCUT2D eigenvalue weighted by atomic mass is 10.0. The summed E-state index contributed by atoms with van der Waals surface area (Å²) >= 11 is 4.19. The van der Waals surface area contributed by atoms with Gasteiger partial charge in [-0.2, -0.15) is 0 Å². The van der Waals surface area contributed by atoms with E-state index < -0.39 is 11.6 Å². The Morgan fingerprint density at radius 1 is 1.18 bits per heavy atom. The molecule has 0 atom stereocenters. The van der Waals surface area contributed by atoms with Crippen LogP contribution >= 0.6 is 27.3 Å². The average Bonchev–Trinajstić information content (AvgIpc) is 3.04. The Kier molecular flexibility index (Phi) is 6.84. The van der Waals surface area contributed by atoms with Gasteiger partial charge in [0.25, 0.3) is 0 Å². The van der Waals surface area contributed by atoms with Crippen molar-refractivity contribution in [1.82, 2.24) is 4.98 Å². The van der Waals surface area contributed by atoms with E-state index in [1.807, 2.05) is 0 Å². The van der Waals surface area contributed by atoms with Crippen molar-refractivity contribution in [2.45, 2.75) is 33.3 Å². The van der Waals surface area contributed by atoms with E-state index in [4.69, 9.17) is 10.5 Å². The van der Waals surface area contributed by atoms with Crippen molar-refractivity contribution in [2.75, 3.05) is 5.73 Å². The Bertz CT molecular complexity index is 1280. The lowest BCUT2D eigenvalue weighted by Gasteiger charge is -2.19. The van der Waals surface area contributed by atoms with Crippen LogP contribution < -0.4 is 5.73 Å². The van der Waals surface area contributed by atoms with Gasteiger partial charge in [0.2, 0.25) is 5.78 Å². The van der Waals surface area contributed by atoms with Crippen molar-refractivity contribution in [3.05, 3.63) is 56.4 Å². The highest BCUT2D eigenvalue weighted by atomic mass is 79.9. The predicted octanol–water partition coefficient (Wildman–Crippen LogP) is 5.81. The van der Waals surface area contributed by atoms with Crippen molar-refractivity contribution >= 4 is 55.7 Å². The molecule has 0 aliphatic carbocycles. The summed E-state index contributed by atoms with van der Waals surface area (Å²) in [7, 11) is 0. The second kappa shape index (κ2) is 9.28. The third kappa shape index (κ3) is 5.55. The molecule has 0 fully saturated rings. The normalized spacial score (nSPS) is 11.7. The minimum absolute atomic E-state index is 0.0526.